The lowest BCUT2D eigenvalue weighted by atomic mass is 9.84. The van der Waals surface area contributed by atoms with E-state index in [4.69, 9.17) is 4.74 Å². The van der Waals surface area contributed by atoms with Gasteiger partial charge in [-0.05, 0) is 74.9 Å². The predicted molar refractivity (Wildman–Crippen MR) is 83.7 cm³/mol. The lowest BCUT2D eigenvalue weighted by Crippen LogP contribution is -2.39. The van der Waals surface area contributed by atoms with Crippen molar-refractivity contribution in [2.75, 3.05) is 0 Å². The van der Waals surface area contributed by atoms with Gasteiger partial charge >= 0.3 is 5.97 Å². The smallest absolute Gasteiger partial charge is 0.312 e. The van der Waals surface area contributed by atoms with Crippen molar-refractivity contribution in [2.24, 2.45) is 5.92 Å². The summed E-state index contributed by atoms with van der Waals surface area (Å²) in [6.07, 6.45) is 0. The number of halogens is 1. The Hall–Kier alpha value is -0.620. The standard InChI is InChI=1S/C15H21IO3/c1-10(13(17)19-14(2,3)4)15(5,18)11-6-8-12(16)9-7-11/h6-10,18H,1-5H3. The van der Waals surface area contributed by atoms with Crippen molar-refractivity contribution >= 4 is 28.6 Å². The molecule has 19 heavy (non-hydrogen) atoms. The van der Waals surface area contributed by atoms with Crippen LogP contribution in [0.1, 0.15) is 40.2 Å². The van der Waals surface area contributed by atoms with E-state index in [2.05, 4.69) is 22.6 Å². The van der Waals surface area contributed by atoms with Crippen LogP contribution in [0.5, 0.6) is 0 Å². The third kappa shape index (κ3) is 4.45. The van der Waals surface area contributed by atoms with E-state index in [0.717, 1.165) is 3.57 Å². The van der Waals surface area contributed by atoms with Gasteiger partial charge in [0.15, 0.2) is 0 Å². The molecule has 0 fully saturated rings. The number of carbonyl (C=O) groups excluding carboxylic acids is 1. The summed E-state index contributed by atoms with van der Waals surface area (Å²) in [6, 6.07) is 7.49. The first-order valence-corrected chi connectivity index (χ1v) is 7.33. The molecule has 1 N–H and O–H groups in total. The van der Waals surface area contributed by atoms with Gasteiger partial charge in [0.1, 0.15) is 5.60 Å². The van der Waals surface area contributed by atoms with E-state index in [1.807, 2.05) is 45.0 Å². The fraction of sp³-hybridized carbons (Fsp3) is 0.533. The topological polar surface area (TPSA) is 46.5 Å². The third-order valence-corrected chi connectivity index (χ3v) is 3.75. The molecule has 0 aromatic heterocycles. The molecule has 0 heterocycles. The van der Waals surface area contributed by atoms with Crippen LogP contribution in [0.4, 0.5) is 0 Å². The highest BCUT2D eigenvalue weighted by molar-refractivity contribution is 14.1. The summed E-state index contributed by atoms with van der Waals surface area (Å²) in [5.41, 5.74) is -1.08. The maximum Gasteiger partial charge on any atom is 0.312 e. The summed E-state index contributed by atoms with van der Waals surface area (Å²) >= 11 is 2.20. The molecular formula is C15H21IO3. The Kier molecular flexibility index (Phi) is 5.01. The van der Waals surface area contributed by atoms with Crippen LogP contribution < -0.4 is 0 Å². The van der Waals surface area contributed by atoms with E-state index < -0.39 is 23.1 Å². The fourth-order valence-electron chi connectivity index (χ4n) is 1.66. The van der Waals surface area contributed by atoms with E-state index in [-0.39, 0.29) is 0 Å². The van der Waals surface area contributed by atoms with Gasteiger partial charge in [-0.2, -0.15) is 0 Å². The zero-order chi connectivity index (χ0) is 14.8. The highest BCUT2D eigenvalue weighted by atomic mass is 127. The second-order valence-electron chi connectivity index (χ2n) is 5.91. The number of hydrogen-bond donors (Lipinski definition) is 1. The van der Waals surface area contributed by atoms with Crippen LogP contribution in [-0.4, -0.2) is 16.7 Å². The Bertz CT molecular complexity index is 443. The first-order chi connectivity index (χ1) is 8.54. The summed E-state index contributed by atoms with van der Waals surface area (Å²) in [5, 5.41) is 10.6. The van der Waals surface area contributed by atoms with Gasteiger partial charge in [0.2, 0.25) is 0 Å². The third-order valence-electron chi connectivity index (χ3n) is 3.03. The zero-order valence-electron chi connectivity index (χ0n) is 12.0. The van der Waals surface area contributed by atoms with Crippen LogP contribution in [0.15, 0.2) is 24.3 Å². The normalized spacial score (nSPS) is 16.6. The van der Waals surface area contributed by atoms with Crippen molar-refractivity contribution in [3.63, 3.8) is 0 Å². The van der Waals surface area contributed by atoms with Crippen molar-refractivity contribution in [3.05, 3.63) is 33.4 Å². The fourth-order valence-corrected chi connectivity index (χ4v) is 2.02. The molecule has 1 rings (SSSR count). The molecule has 4 heteroatoms. The number of rotatable bonds is 3. The maximum absolute atomic E-state index is 12.1. The minimum absolute atomic E-state index is 0.393. The summed E-state index contributed by atoms with van der Waals surface area (Å²) in [5.74, 6) is -1.03. The van der Waals surface area contributed by atoms with Crippen molar-refractivity contribution in [1.82, 2.24) is 0 Å². The molecule has 0 saturated heterocycles. The quantitative estimate of drug-likeness (QED) is 0.649. The Balaban J connectivity index is 2.93. The molecule has 0 spiro atoms. The first kappa shape index (κ1) is 16.4. The molecule has 1 aromatic carbocycles. The van der Waals surface area contributed by atoms with Crippen LogP contribution in [0.3, 0.4) is 0 Å². The minimum Gasteiger partial charge on any atom is -0.460 e. The summed E-state index contributed by atoms with van der Waals surface area (Å²) in [7, 11) is 0. The molecule has 3 nitrogen and oxygen atoms in total. The van der Waals surface area contributed by atoms with Gasteiger partial charge in [-0.1, -0.05) is 12.1 Å². The first-order valence-electron chi connectivity index (χ1n) is 6.25. The molecule has 0 aliphatic carbocycles. The monoisotopic (exact) mass is 376 g/mol. The Morgan fingerprint density at radius 3 is 2.11 bits per heavy atom. The second-order valence-corrected chi connectivity index (χ2v) is 7.16. The largest absolute Gasteiger partial charge is 0.460 e. The van der Waals surface area contributed by atoms with Gasteiger partial charge in [-0.3, -0.25) is 4.79 Å². The summed E-state index contributed by atoms with van der Waals surface area (Å²) in [4.78, 5) is 12.1. The van der Waals surface area contributed by atoms with Crippen LogP contribution in [0, 0.1) is 9.49 Å². The van der Waals surface area contributed by atoms with E-state index in [9.17, 15) is 9.90 Å². The van der Waals surface area contributed by atoms with Crippen LogP contribution in [0.25, 0.3) is 0 Å². The van der Waals surface area contributed by atoms with Gasteiger partial charge in [-0.15, -0.1) is 0 Å². The molecule has 106 valence electrons. The highest BCUT2D eigenvalue weighted by Gasteiger charge is 2.37. The number of hydrogen-bond acceptors (Lipinski definition) is 3. The number of aliphatic hydroxyl groups is 1. The van der Waals surface area contributed by atoms with Crippen molar-refractivity contribution < 1.29 is 14.6 Å². The van der Waals surface area contributed by atoms with Crippen LogP contribution >= 0.6 is 22.6 Å². The van der Waals surface area contributed by atoms with Crippen molar-refractivity contribution in [2.45, 2.75) is 45.8 Å². The average molecular weight is 376 g/mol. The Morgan fingerprint density at radius 2 is 1.68 bits per heavy atom. The van der Waals surface area contributed by atoms with E-state index in [0.29, 0.717) is 5.56 Å². The summed E-state index contributed by atoms with van der Waals surface area (Å²) < 4.78 is 6.42. The van der Waals surface area contributed by atoms with Gasteiger partial charge in [0.25, 0.3) is 0 Å². The Morgan fingerprint density at radius 1 is 1.21 bits per heavy atom. The lowest BCUT2D eigenvalue weighted by Gasteiger charge is -2.31. The van der Waals surface area contributed by atoms with Gasteiger partial charge in [0, 0.05) is 3.57 Å². The van der Waals surface area contributed by atoms with Crippen LogP contribution in [-0.2, 0) is 15.1 Å². The summed E-state index contributed by atoms with van der Waals surface area (Å²) in [6.45, 7) is 8.78. The van der Waals surface area contributed by atoms with Crippen LogP contribution in [0.2, 0.25) is 0 Å². The SMILES string of the molecule is CC(C(=O)OC(C)(C)C)C(C)(O)c1ccc(I)cc1. The van der Waals surface area contributed by atoms with E-state index in [1.165, 1.54) is 0 Å². The highest BCUT2D eigenvalue weighted by Crippen LogP contribution is 2.31. The minimum atomic E-state index is -1.24. The lowest BCUT2D eigenvalue weighted by molar-refractivity contribution is -0.168. The molecule has 2 atom stereocenters. The second kappa shape index (κ2) is 5.79. The number of esters is 1. The average Bonchev–Trinajstić information content (AvgIpc) is 2.26. The molecule has 0 saturated carbocycles. The van der Waals surface area contributed by atoms with Crippen molar-refractivity contribution in [3.8, 4) is 0 Å². The molecule has 2 unspecified atom stereocenters. The molecule has 0 aliphatic heterocycles. The van der Waals surface area contributed by atoms with Gasteiger partial charge in [0.05, 0.1) is 11.5 Å². The van der Waals surface area contributed by atoms with Gasteiger partial charge in [-0.25, -0.2) is 0 Å². The molecule has 1 aromatic rings. The Labute approximate surface area is 128 Å². The molecule has 0 radical (unpaired) electrons. The molecule has 0 amide bonds. The predicted octanol–water partition coefficient (Wildman–Crippen LogP) is 3.48. The molecular weight excluding hydrogens is 355 g/mol. The van der Waals surface area contributed by atoms with E-state index in [1.54, 1.807) is 13.8 Å². The molecule has 0 bridgehead atoms. The van der Waals surface area contributed by atoms with Gasteiger partial charge < -0.3 is 9.84 Å². The number of benzene rings is 1. The zero-order valence-corrected chi connectivity index (χ0v) is 14.2. The number of ether oxygens (including phenoxy) is 1. The van der Waals surface area contributed by atoms with E-state index >= 15 is 0 Å². The van der Waals surface area contributed by atoms with Crippen molar-refractivity contribution in [1.29, 1.82) is 0 Å². The molecule has 0 aliphatic rings. The number of carbonyl (C=O) groups is 1. The maximum atomic E-state index is 12.1.